The van der Waals surface area contributed by atoms with Crippen LogP contribution in [0.2, 0.25) is 0 Å². The number of aromatic nitrogens is 3. The quantitative estimate of drug-likeness (QED) is 0.734. The SMILES string of the molecule is Cn1cc(C(N)C(=O)c2cccc3cccnc23)cn1. The Labute approximate surface area is 116 Å². The average molecular weight is 266 g/mol. The summed E-state index contributed by atoms with van der Waals surface area (Å²) >= 11 is 0. The Kier molecular flexibility index (Phi) is 3.04. The van der Waals surface area contributed by atoms with Crippen LogP contribution in [0.5, 0.6) is 0 Å². The van der Waals surface area contributed by atoms with Gasteiger partial charge >= 0.3 is 0 Å². The van der Waals surface area contributed by atoms with Crippen molar-refractivity contribution in [3.05, 3.63) is 60.0 Å². The van der Waals surface area contributed by atoms with Crippen molar-refractivity contribution >= 4 is 16.7 Å². The molecule has 0 aliphatic rings. The summed E-state index contributed by atoms with van der Waals surface area (Å²) in [5.74, 6) is -0.151. The highest BCUT2D eigenvalue weighted by Gasteiger charge is 2.21. The molecule has 0 aliphatic heterocycles. The zero-order valence-corrected chi connectivity index (χ0v) is 11.0. The summed E-state index contributed by atoms with van der Waals surface area (Å²) in [5.41, 5.74) is 7.96. The molecule has 3 aromatic rings. The fraction of sp³-hybridized carbons (Fsp3) is 0.133. The molecule has 0 radical (unpaired) electrons. The number of hydrogen-bond donors (Lipinski definition) is 1. The van der Waals surface area contributed by atoms with Crippen LogP contribution in [0.1, 0.15) is 22.0 Å². The van der Waals surface area contributed by atoms with Gasteiger partial charge in [-0.3, -0.25) is 14.5 Å². The number of para-hydroxylation sites is 1. The lowest BCUT2D eigenvalue weighted by Crippen LogP contribution is -2.21. The molecule has 0 amide bonds. The van der Waals surface area contributed by atoms with E-state index in [4.69, 9.17) is 5.73 Å². The maximum Gasteiger partial charge on any atom is 0.186 e. The van der Waals surface area contributed by atoms with Crippen molar-refractivity contribution in [2.75, 3.05) is 0 Å². The maximum absolute atomic E-state index is 12.6. The van der Waals surface area contributed by atoms with E-state index in [2.05, 4.69) is 10.1 Å². The van der Waals surface area contributed by atoms with Crippen molar-refractivity contribution in [2.24, 2.45) is 12.8 Å². The first-order valence-electron chi connectivity index (χ1n) is 6.29. The lowest BCUT2D eigenvalue weighted by molar-refractivity contribution is 0.0963. The fourth-order valence-electron chi connectivity index (χ4n) is 2.22. The van der Waals surface area contributed by atoms with Crippen LogP contribution in [0.3, 0.4) is 0 Å². The first kappa shape index (κ1) is 12.5. The fourth-order valence-corrected chi connectivity index (χ4v) is 2.22. The number of rotatable bonds is 3. The van der Waals surface area contributed by atoms with E-state index in [1.165, 1.54) is 0 Å². The van der Waals surface area contributed by atoms with Gasteiger partial charge in [-0.2, -0.15) is 5.10 Å². The minimum atomic E-state index is -0.726. The summed E-state index contributed by atoms with van der Waals surface area (Å²) < 4.78 is 1.63. The molecule has 20 heavy (non-hydrogen) atoms. The van der Waals surface area contributed by atoms with Gasteiger partial charge in [0.1, 0.15) is 0 Å². The normalized spacial score (nSPS) is 12.5. The van der Waals surface area contributed by atoms with E-state index in [-0.39, 0.29) is 5.78 Å². The third-order valence-corrected chi connectivity index (χ3v) is 3.26. The summed E-state index contributed by atoms with van der Waals surface area (Å²) in [6.45, 7) is 0. The van der Waals surface area contributed by atoms with Gasteiger partial charge in [0.2, 0.25) is 0 Å². The third kappa shape index (κ3) is 2.08. The van der Waals surface area contributed by atoms with Gasteiger partial charge in [0, 0.05) is 36.0 Å². The molecule has 5 heteroatoms. The van der Waals surface area contributed by atoms with Crippen LogP contribution in [0.4, 0.5) is 0 Å². The highest BCUT2D eigenvalue weighted by Crippen LogP contribution is 2.21. The molecule has 2 aromatic heterocycles. The first-order valence-corrected chi connectivity index (χ1v) is 6.29. The molecule has 1 atom stereocenters. The second-order valence-corrected chi connectivity index (χ2v) is 4.67. The number of Topliss-reactive ketones (excluding diaryl/α,β-unsaturated/α-hetero) is 1. The summed E-state index contributed by atoms with van der Waals surface area (Å²) in [6.07, 6.45) is 5.04. The summed E-state index contributed by atoms with van der Waals surface area (Å²) in [7, 11) is 1.79. The van der Waals surface area contributed by atoms with Crippen LogP contribution in [0.25, 0.3) is 10.9 Å². The zero-order chi connectivity index (χ0) is 14.1. The van der Waals surface area contributed by atoms with Gasteiger partial charge in [0.25, 0.3) is 0 Å². The summed E-state index contributed by atoms with van der Waals surface area (Å²) in [5, 5.41) is 4.97. The number of benzene rings is 1. The molecule has 2 N–H and O–H groups in total. The average Bonchev–Trinajstić information content (AvgIpc) is 2.91. The number of fused-ring (bicyclic) bond motifs is 1. The van der Waals surface area contributed by atoms with Gasteiger partial charge in [-0.25, -0.2) is 0 Å². The van der Waals surface area contributed by atoms with Gasteiger partial charge < -0.3 is 5.73 Å². The monoisotopic (exact) mass is 266 g/mol. The number of ketones is 1. The standard InChI is InChI=1S/C15H14N4O/c1-19-9-11(8-18-19)13(16)15(20)12-6-2-4-10-5-3-7-17-14(10)12/h2-9,13H,16H2,1H3. The number of aryl methyl sites for hydroxylation is 1. The molecule has 100 valence electrons. The molecule has 5 nitrogen and oxygen atoms in total. The lowest BCUT2D eigenvalue weighted by atomic mass is 9.98. The Morgan fingerprint density at radius 2 is 2.10 bits per heavy atom. The predicted octanol–water partition coefficient (Wildman–Crippen LogP) is 1.85. The van der Waals surface area contributed by atoms with Crippen molar-refractivity contribution in [1.82, 2.24) is 14.8 Å². The number of nitrogens with zero attached hydrogens (tertiary/aromatic N) is 3. The second-order valence-electron chi connectivity index (χ2n) is 4.67. The predicted molar refractivity (Wildman–Crippen MR) is 76.2 cm³/mol. The van der Waals surface area contributed by atoms with Gasteiger partial charge in [0.15, 0.2) is 5.78 Å². The largest absolute Gasteiger partial charge is 0.317 e. The smallest absolute Gasteiger partial charge is 0.186 e. The number of carbonyl (C=O) groups excluding carboxylic acids is 1. The van der Waals surface area contributed by atoms with Crippen molar-refractivity contribution in [3.8, 4) is 0 Å². The van der Waals surface area contributed by atoms with Crippen LogP contribution in [0.15, 0.2) is 48.9 Å². The first-order chi connectivity index (χ1) is 9.66. The maximum atomic E-state index is 12.6. The van der Waals surface area contributed by atoms with Crippen LogP contribution >= 0.6 is 0 Å². The summed E-state index contributed by atoms with van der Waals surface area (Å²) in [6, 6.07) is 8.57. The Morgan fingerprint density at radius 1 is 1.30 bits per heavy atom. The van der Waals surface area contributed by atoms with Gasteiger partial charge in [0.05, 0.1) is 17.8 Å². The molecule has 2 heterocycles. The van der Waals surface area contributed by atoms with Crippen LogP contribution in [-0.4, -0.2) is 20.5 Å². The van der Waals surface area contributed by atoms with Crippen LogP contribution in [-0.2, 0) is 7.05 Å². The van der Waals surface area contributed by atoms with Gasteiger partial charge in [-0.15, -0.1) is 0 Å². The molecule has 0 saturated carbocycles. The molecule has 0 aliphatic carbocycles. The topological polar surface area (TPSA) is 73.8 Å². The lowest BCUT2D eigenvalue weighted by Gasteiger charge is -2.10. The highest BCUT2D eigenvalue weighted by molar-refractivity contribution is 6.09. The summed E-state index contributed by atoms with van der Waals surface area (Å²) in [4.78, 5) is 16.9. The molecule has 0 fully saturated rings. The van der Waals surface area contributed by atoms with Gasteiger partial charge in [-0.05, 0) is 12.1 Å². The van der Waals surface area contributed by atoms with Crippen LogP contribution in [0, 0.1) is 0 Å². The number of hydrogen-bond acceptors (Lipinski definition) is 4. The van der Waals surface area contributed by atoms with E-state index in [9.17, 15) is 4.79 Å². The van der Waals surface area contributed by atoms with Crippen LogP contribution < -0.4 is 5.73 Å². The molecule has 1 unspecified atom stereocenters. The van der Waals surface area contributed by atoms with E-state index in [1.54, 1.807) is 36.4 Å². The van der Waals surface area contributed by atoms with Crippen molar-refractivity contribution in [3.63, 3.8) is 0 Å². The Bertz CT molecular complexity index is 773. The van der Waals surface area contributed by atoms with Gasteiger partial charge in [-0.1, -0.05) is 18.2 Å². The number of carbonyl (C=O) groups is 1. The Morgan fingerprint density at radius 3 is 2.85 bits per heavy atom. The van der Waals surface area contributed by atoms with Crippen molar-refractivity contribution in [2.45, 2.75) is 6.04 Å². The molecular formula is C15H14N4O. The highest BCUT2D eigenvalue weighted by atomic mass is 16.1. The molecule has 0 spiro atoms. The van der Waals surface area contributed by atoms with E-state index >= 15 is 0 Å². The number of pyridine rings is 1. The molecular weight excluding hydrogens is 252 g/mol. The van der Waals surface area contributed by atoms with E-state index in [1.807, 2.05) is 24.3 Å². The Hall–Kier alpha value is -2.53. The second kappa shape index (κ2) is 4.86. The zero-order valence-electron chi connectivity index (χ0n) is 11.0. The molecule has 1 aromatic carbocycles. The third-order valence-electron chi connectivity index (χ3n) is 3.26. The minimum absolute atomic E-state index is 0.151. The van der Waals surface area contributed by atoms with Crippen molar-refractivity contribution in [1.29, 1.82) is 0 Å². The van der Waals surface area contributed by atoms with E-state index in [0.717, 1.165) is 5.39 Å². The molecule has 0 saturated heterocycles. The Balaban J connectivity index is 2.04. The van der Waals surface area contributed by atoms with E-state index < -0.39 is 6.04 Å². The number of nitrogens with two attached hydrogens (primary N) is 1. The minimum Gasteiger partial charge on any atom is -0.317 e. The molecule has 0 bridgehead atoms. The van der Waals surface area contributed by atoms with E-state index in [0.29, 0.717) is 16.6 Å². The van der Waals surface area contributed by atoms with Crippen molar-refractivity contribution < 1.29 is 4.79 Å². The molecule has 3 rings (SSSR count).